The van der Waals surface area contributed by atoms with Crippen LogP contribution in [-0.2, 0) is 14.4 Å². The van der Waals surface area contributed by atoms with Crippen LogP contribution in [0.25, 0.3) is 0 Å². The van der Waals surface area contributed by atoms with Crippen molar-refractivity contribution in [3.05, 3.63) is 0 Å². The predicted molar refractivity (Wildman–Crippen MR) is 71.0 cm³/mol. The Balaban J connectivity index is 4.13. The lowest BCUT2D eigenvalue weighted by atomic mass is 10.4. The van der Waals surface area contributed by atoms with Gasteiger partial charge in [0.1, 0.15) is 0 Å². The normalized spacial score (nSPS) is 9.37. The summed E-state index contributed by atoms with van der Waals surface area (Å²) in [6.07, 6.45) is 5.03. The molecule has 0 rings (SSSR count). The number of nitrogens with one attached hydrogen (secondary N) is 2. The number of hydrogen-bond acceptors (Lipinski definition) is 4. The number of nitrogens with zero attached hydrogens (tertiary/aromatic N) is 2. The molecule has 0 spiro atoms. The zero-order valence-corrected chi connectivity index (χ0v) is 11.5. The third-order valence-corrected chi connectivity index (χ3v) is 2.39. The molecule has 7 heteroatoms. The van der Waals surface area contributed by atoms with Crippen LogP contribution in [0, 0.1) is 12.3 Å². The Morgan fingerprint density at radius 2 is 1.68 bits per heavy atom. The summed E-state index contributed by atoms with van der Waals surface area (Å²) in [6.45, 7) is 0.258. The van der Waals surface area contributed by atoms with Gasteiger partial charge in [-0.25, -0.2) is 0 Å². The Morgan fingerprint density at radius 1 is 1.11 bits per heavy atom. The number of amides is 3. The van der Waals surface area contributed by atoms with E-state index in [1.165, 1.54) is 30.9 Å². The van der Waals surface area contributed by atoms with Gasteiger partial charge in [0, 0.05) is 21.1 Å². The fourth-order valence-corrected chi connectivity index (χ4v) is 1.17. The van der Waals surface area contributed by atoms with Crippen LogP contribution in [0.15, 0.2) is 0 Å². The number of likely N-dealkylation sites (N-methyl/N-ethyl adjacent to an activating group) is 3. The third kappa shape index (κ3) is 7.06. The van der Waals surface area contributed by atoms with Gasteiger partial charge >= 0.3 is 0 Å². The van der Waals surface area contributed by atoms with E-state index >= 15 is 0 Å². The van der Waals surface area contributed by atoms with Gasteiger partial charge in [0.05, 0.1) is 26.2 Å². The maximum Gasteiger partial charge on any atom is 0.242 e. The lowest BCUT2D eigenvalue weighted by Crippen LogP contribution is -2.45. The second kappa shape index (κ2) is 8.94. The highest BCUT2D eigenvalue weighted by Crippen LogP contribution is 1.90. The number of carbonyl (C=O) groups excluding carboxylic acids is 3. The number of terminal acetylenes is 1. The summed E-state index contributed by atoms with van der Waals surface area (Å²) >= 11 is 0. The molecule has 0 aliphatic heterocycles. The smallest absolute Gasteiger partial charge is 0.242 e. The van der Waals surface area contributed by atoms with Crippen LogP contribution in [0.4, 0.5) is 0 Å². The van der Waals surface area contributed by atoms with Gasteiger partial charge in [-0.1, -0.05) is 5.92 Å². The van der Waals surface area contributed by atoms with E-state index in [0.717, 1.165) is 0 Å². The monoisotopic (exact) mass is 268 g/mol. The fourth-order valence-electron chi connectivity index (χ4n) is 1.17. The van der Waals surface area contributed by atoms with Crippen molar-refractivity contribution in [2.45, 2.75) is 0 Å². The van der Waals surface area contributed by atoms with Gasteiger partial charge in [-0.15, -0.1) is 6.42 Å². The van der Waals surface area contributed by atoms with Crippen molar-refractivity contribution in [2.75, 3.05) is 47.3 Å². The van der Waals surface area contributed by atoms with Gasteiger partial charge < -0.3 is 15.1 Å². The molecular formula is C12H20N4O3. The Kier molecular flexibility index (Phi) is 7.97. The molecule has 0 aromatic rings. The SMILES string of the molecule is C#CCNCC(=O)N(C)CC(=O)N(C)CC(=O)NC. The van der Waals surface area contributed by atoms with Crippen molar-refractivity contribution in [3.8, 4) is 12.3 Å². The molecule has 2 N–H and O–H groups in total. The maximum atomic E-state index is 11.7. The molecule has 7 nitrogen and oxygen atoms in total. The molecule has 19 heavy (non-hydrogen) atoms. The first-order valence-corrected chi connectivity index (χ1v) is 5.75. The summed E-state index contributed by atoms with van der Waals surface area (Å²) in [5.74, 6) is 1.54. The molecule has 3 amide bonds. The summed E-state index contributed by atoms with van der Waals surface area (Å²) in [5, 5.41) is 5.16. The molecule has 0 heterocycles. The summed E-state index contributed by atoms with van der Waals surface area (Å²) in [7, 11) is 4.52. The Hall–Kier alpha value is -2.07. The maximum absolute atomic E-state index is 11.7. The molecule has 0 bridgehead atoms. The first-order chi connectivity index (χ1) is 8.92. The lowest BCUT2D eigenvalue weighted by molar-refractivity contribution is -0.139. The Labute approximate surface area is 113 Å². The molecule has 0 radical (unpaired) electrons. The molecule has 0 aromatic heterocycles. The molecule has 0 atom stereocenters. The van der Waals surface area contributed by atoms with Crippen molar-refractivity contribution >= 4 is 17.7 Å². The van der Waals surface area contributed by atoms with Crippen molar-refractivity contribution in [2.24, 2.45) is 0 Å². The van der Waals surface area contributed by atoms with E-state index < -0.39 is 0 Å². The fraction of sp³-hybridized carbons (Fsp3) is 0.583. The second-order valence-corrected chi connectivity index (χ2v) is 3.98. The van der Waals surface area contributed by atoms with Crippen molar-refractivity contribution in [1.29, 1.82) is 0 Å². The van der Waals surface area contributed by atoms with E-state index in [2.05, 4.69) is 16.6 Å². The first-order valence-electron chi connectivity index (χ1n) is 5.75. The van der Waals surface area contributed by atoms with Crippen molar-refractivity contribution in [1.82, 2.24) is 20.4 Å². The molecule has 0 aliphatic carbocycles. The predicted octanol–water partition coefficient (Wildman–Crippen LogP) is -2.13. The molecule has 106 valence electrons. The van der Waals surface area contributed by atoms with E-state index in [1.807, 2.05) is 0 Å². The molecule has 0 saturated heterocycles. The number of hydrogen-bond donors (Lipinski definition) is 2. The van der Waals surface area contributed by atoms with E-state index in [9.17, 15) is 14.4 Å². The van der Waals surface area contributed by atoms with Crippen LogP contribution in [-0.4, -0.2) is 74.8 Å². The second-order valence-electron chi connectivity index (χ2n) is 3.98. The average molecular weight is 268 g/mol. The molecule has 0 saturated carbocycles. The summed E-state index contributed by atoms with van der Waals surface area (Å²) in [4.78, 5) is 37.0. The van der Waals surface area contributed by atoms with Crippen molar-refractivity contribution < 1.29 is 14.4 Å². The Morgan fingerprint density at radius 3 is 2.21 bits per heavy atom. The van der Waals surface area contributed by atoms with E-state index in [1.54, 1.807) is 0 Å². The van der Waals surface area contributed by atoms with Gasteiger partial charge in [0.15, 0.2) is 0 Å². The highest BCUT2D eigenvalue weighted by molar-refractivity contribution is 5.88. The van der Waals surface area contributed by atoms with Gasteiger partial charge in [-0.3, -0.25) is 19.7 Å². The van der Waals surface area contributed by atoms with Gasteiger partial charge in [-0.05, 0) is 0 Å². The summed E-state index contributed by atoms with van der Waals surface area (Å²) < 4.78 is 0. The van der Waals surface area contributed by atoms with Crippen LogP contribution >= 0.6 is 0 Å². The van der Waals surface area contributed by atoms with Crippen LogP contribution in [0.5, 0.6) is 0 Å². The molecule has 0 fully saturated rings. The van der Waals surface area contributed by atoms with E-state index in [0.29, 0.717) is 6.54 Å². The van der Waals surface area contributed by atoms with Crippen LogP contribution < -0.4 is 10.6 Å². The Bertz CT molecular complexity index is 376. The summed E-state index contributed by atoms with van der Waals surface area (Å²) in [5.41, 5.74) is 0. The minimum atomic E-state index is -0.309. The van der Waals surface area contributed by atoms with Gasteiger partial charge in [-0.2, -0.15) is 0 Å². The zero-order valence-electron chi connectivity index (χ0n) is 11.5. The quantitative estimate of drug-likeness (QED) is 0.408. The molecular weight excluding hydrogens is 248 g/mol. The first kappa shape index (κ1) is 16.9. The van der Waals surface area contributed by atoms with Crippen LogP contribution in [0.3, 0.4) is 0 Å². The topological polar surface area (TPSA) is 81.8 Å². The molecule has 0 aromatic carbocycles. The minimum absolute atomic E-state index is 0.0350. The highest BCUT2D eigenvalue weighted by Gasteiger charge is 2.16. The summed E-state index contributed by atoms with van der Waals surface area (Å²) in [6, 6.07) is 0. The van der Waals surface area contributed by atoms with E-state index in [4.69, 9.17) is 6.42 Å². The van der Waals surface area contributed by atoms with Crippen LogP contribution in [0.2, 0.25) is 0 Å². The van der Waals surface area contributed by atoms with Gasteiger partial charge in [0.25, 0.3) is 0 Å². The largest absolute Gasteiger partial charge is 0.358 e. The third-order valence-electron chi connectivity index (χ3n) is 2.39. The average Bonchev–Trinajstić information content (AvgIpc) is 2.38. The van der Waals surface area contributed by atoms with Crippen molar-refractivity contribution in [3.63, 3.8) is 0 Å². The zero-order chi connectivity index (χ0) is 14.8. The minimum Gasteiger partial charge on any atom is -0.358 e. The molecule has 0 unspecified atom stereocenters. The number of rotatable bonds is 7. The highest BCUT2D eigenvalue weighted by atomic mass is 16.2. The van der Waals surface area contributed by atoms with E-state index in [-0.39, 0.29) is 37.4 Å². The number of carbonyl (C=O) groups is 3. The van der Waals surface area contributed by atoms with Gasteiger partial charge in [0.2, 0.25) is 17.7 Å². The van der Waals surface area contributed by atoms with Crippen LogP contribution in [0.1, 0.15) is 0 Å². The standard InChI is InChI=1S/C12H20N4O3/c1-5-6-14-7-11(18)16(4)9-12(19)15(3)8-10(17)13-2/h1,14H,6-9H2,2-4H3,(H,13,17). The lowest BCUT2D eigenvalue weighted by Gasteiger charge is -2.21. The molecule has 0 aliphatic rings.